The topological polar surface area (TPSA) is 210 Å². The number of thioether (sulfide) groups is 1. The van der Waals surface area contributed by atoms with Gasteiger partial charge in [0, 0.05) is 40.6 Å². The Hall–Kier alpha value is -4.31. The number of anilines is 1. The van der Waals surface area contributed by atoms with Gasteiger partial charge < -0.3 is 31.5 Å². The molecule has 4 heterocycles. The van der Waals surface area contributed by atoms with Crippen molar-refractivity contribution in [3.8, 4) is 0 Å². The second-order valence-corrected chi connectivity index (χ2v) is 10.7. The highest BCUT2D eigenvalue weighted by atomic mass is 32.2. The summed E-state index contributed by atoms with van der Waals surface area (Å²) >= 11 is 2.23. The number of allylic oxidation sites excluding steroid dienone is 1. The number of aromatic nitrogens is 3. The van der Waals surface area contributed by atoms with Crippen LogP contribution in [-0.4, -0.2) is 66.9 Å². The summed E-state index contributed by atoms with van der Waals surface area (Å²) in [6.07, 6.45) is 8.07. The average molecular weight is 571 g/mol. The molecule has 3 atom stereocenters. The van der Waals surface area contributed by atoms with Crippen LogP contribution < -0.4 is 26.5 Å². The number of amides is 3. The van der Waals surface area contributed by atoms with Crippen LogP contribution >= 0.6 is 23.3 Å². The summed E-state index contributed by atoms with van der Waals surface area (Å²) < 4.78 is 5.70. The standard InChI is InChI=1S/C23H22N8O6S2/c24-17(32)16-12(9-30-7-5-11(6-8-30)22(35)36)10-38-21-15(20(34)31(16)21)26-19(33)14(18-27-23(25)39-29-18)28-37-13-3-1-2-4-13/h1,3,5-8,13,15,21H,2,4,9-10H2,(H5-,24,25,26,27,29,32,33,35,36)/t13?,15?,21-/m0/s1. The number of hydrogen-bond acceptors (Lipinski definition) is 12. The SMILES string of the molecule is NC(=O)C1=C(C[n+]2ccc(C(=O)[O-])cc2)CS[C@H]2C(NC(=O)C(=NOC3C=CCC3)c3nsc(N)n3)C(=O)N12. The molecule has 0 saturated carbocycles. The summed E-state index contributed by atoms with van der Waals surface area (Å²) in [6.45, 7) is 0.201. The first-order chi connectivity index (χ1) is 18.7. The van der Waals surface area contributed by atoms with E-state index in [1.54, 1.807) is 4.57 Å². The minimum absolute atomic E-state index is 0.00787. The van der Waals surface area contributed by atoms with Crippen molar-refractivity contribution < 1.29 is 33.7 Å². The third-order valence-electron chi connectivity index (χ3n) is 6.18. The summed E-state index contributed by atoms with van der Waals surface area (Å²) in [4.78, 5) is 60.5. The van der Waals surface area contributed by atoms with Crippen LogP contribution in [0.25, 0.3) is 0 Å². The summed E-state index contributed by atoms with van der Waals surface area (Å²) in [7, 11) is 0. The smallest absolute Gasteiger partial charge is 0.278 e. The number of nitrogens with two attached hydrogens (primary N) is 2. The molecule has 14 nitrogen and oxygen atoms in total. The zero-order chi connectivity index (χ0) is 27.7. The van der Waals surface area contributed by atoms with Crippen molar-refractivity contribution in [3.63, 3.8) is 0 Å². The number of primary amides is 1. The van der Waals surface area contributed by atoms with Gasteiger partial charge in [0.2, 0.25) is 11.5 Å². The summed E-state index contributed by atoms with van der Waals surface area (Å²) in [5.74, 6) is -3.03. The van der Waals surface area contributed by atoms with Gasteiger partial charge in [0.15, 0.2) is 24.1 Å². The maximum absolute atomic E-state index is 13.2. The maximum Gasteiger partial charge on any atom is 0.278 e. The molecule has 16 heteroatoms. The van der Waals surface area contributed by atoms with Gasteiger partial charge in [-0.05, 0) is 18.9 Å². The number of nitrogens with one attached hydrogen (secondary N) is 1. The molecule has 2 aliphatic heterocycles. The zero-order valence-electron chi connectivity index (χ0n) is 20.2. The molecule has 0 aromatic carbocycles. The summed E-state index contributed by atoms with van der Waals surface area (Å²) in [6, 6.07) is 1.78. The van der Waals surface area contributed by atoms with Gasteiger partial charge in [-0.1, -0.05) is 11.2 Å². The molecule has 5 N–H and O–H groups in total. The van der Waals surface area contributed by atoms with Crippen molar-refractivity contribution >= 4 is 57.8 Å². The quantitative estimate of drug-likeness (QED) is 0.0997. The molecular formula is C23H22N8O6S2. The van der Waals surface area contributed by atoms with E-state index in [1.165, 1.54) is 41.2 Å². The molecule has 1 fully saturated rings. The minimum Gasteiger partial charge on any atom is -0.545 e. The van der Waals surface area contributed by atoms with Crippen LogP contribution in [0.15, 0.2) is 53.1 Å². The van der Waals surface area contributed by atoms with Gasteiger partial charge in [0.25, 0.3) is 17.7 Å². The number of nitrogens with zero attached hydrogens (tertiary/aromatic N) is 5. The normalized spacial score (nSPS) is 22.4. The lowest BCUT2D eigenvalue weighted by molar-refractivity contribution is -0.689. The summed E-state index contributed by atoms with van der Waals surface area (Å²) in [5.41, 5.74) is 11.7. The number of oxime groups is 1. The molecular weight excluding hydrogens is 548 g/mol. The lowest BCUT2D eigenvalue weighted by Gasteiger charge is -2.49. The van der Waals surface area contributed by atoms with Crippen molar-refractivity contribution in [3.05, 3.63) is 59.3 Å². The van der Waals surface area contributed by atoms with E-state index in [1.807, 2.05) is 12.2 Å². The Bertz CT molecular complexity index is 1440. The number of nitrogen functional groups attached to an aromatic ring is 1. The lowest BCUT2D eigenvalue weighted by atomic mass is 10.0. The Morgan fingerprint density at radius 3 is 2.69 bits per heavy atom. The number of rotatable bonds is 9. The fourth-order valence-corrected chi connectivity index (χ4v) is 6.07. The third kappa shape index (κ3) is 5.33. The van der Waals surface area contributed by atoms with Crippen molar-refractivity contribution in [2.45, 2.75) is 36.9 Å². The molecule has 2 aromatic heterocycles. The van der Waals surface area contributed by atoms with Gasteiger partial charge in [0.1, 0.15) is 23.2 Å². The highest BCUT2D eigenvalue weighted by Gasteiger charge is 2.54. The third-order valence-corrected chi connectivity index (χ3v) is 8.07. The first-order valence-corrected chi connectivity index (χ1v) is 13.5. The van der Waals surface area contributed by atoms with Crippen LogP contribution in [0, 0.1) is 0 Å². The fourth-order valence-electron chi connectivity index (χ4n) is 4.30. The monoisotopic (exact) mass is 570 g/mol. The molecule has 0 spiro atoms. The summed E-state index contributed by atoms with van der Waals surface area (Å²) in [5, 5.41) is 17.2. The van der Waals surface area contributed by atoms with Gasteiger partial charge in [-0.15, -0.1) is 11.8 Å². The number of hydrogen-bond donors (Lipinski definition) is 3. The van der Waals surface area contributed by atoms with E-state index in [4.69, 9.17) is 16.3 Å². The molecule has 1 saturated heterocycles. The maximum atomic E-state index is 13.2. The number of fused-ring (bicyclic) bond motifs is 1. The van der Waals surface area contributed by atoms with E-state index in [9.17, 15) is 24.3 Å². The fraction of sp³-hybridized carbons (Fsp3) is 0.304. The van der Waals surface area contributed by atoms with E-state index >= 15 is 0 Å². The van der Waals surface area contributed by atoms with E-state index in [0.717, 1.165) is 18.0 Å². The second kappa shape index (κ2) is 10.8. The Kier molecular flexibility index (Phi) is 7.30. The number of carbonyl (C=O) groups is 4. The molecule has 2 unspecified atom stereocenters. The molecule has 0 bridgehead atoms. The van der Waals surface area contributed by atoms with Crippen LogP contribution in [0.2, 0.25) is 0 Å². The number of β-lactam (4-membered cyclic amide) rings is 1. The van der Waals surface area contributed by atoms with Crippen LogP contribution in [0.4, 0.5) is 5.13 Å². The van der Waals surface area contributed by atoms with Crippen molar-refractivity contribution in [1.82, 2.24) is 19.6 Å². The number of carboxylic acid groups (broad SMARTS) is 1. The Balaban J connectivity index is 1.32. The zero-order valence-corrected chi connectivity index (χ0v) is 21.8. The van der Waals surface area contributed by atoms with E-state index in [-0.39, 0.29) is 40.6 Å². The Morgan fingerprint density at radius 2 is 2.08 bits per heavy atom. The van der Waals surface area contributed by atoms with Crippen molar-refractivity contribution in [2.75, 3.05) is 11.5 Å². The number of aromatic carboxylic acids is 1. The van der Waals surface area contributed by atoms with Gasteiger partial charge in [-0.25, -0.2) is 4.57 Å². The molecule has 2 aromatic rings. The Labute approximate surface area is 229 Å². The predicted molar refractivity (Wildman–Crippen MR) is 136 cm³/mol. The predicted octanol–water partition coefficient (Wildman–Crippen LogP) is -1.95. The van der Waals surface area contributed by atoms with Gasteiger partial charge in [-0.2, -0.15) is 9.36 Å². The molecule has 202 valence electrons. The second-order valence-electron chi connectivity index (χ2n) is 8.77. The van der Waals surface area contributed by atoms with E-state index in [0.29, 0.717) is 17.7 Å². The first kappa shape index (κ1) is 26.3. The number of carboxylic acids is 1. The van der Waals surface area contributed by atoms with E-state index < -0.39 is 35.1 Å². The minimum atomic E-state index is -1.31. The van der Waals surface area contributed by atoms with Gasteiger partial charge >= 0.3 is 0 Å². The number of pyridine rings is 1. The number of carbonyl (C=O) groups excluding carboxylic acids is 4. The van der Waals surface area contributed by atoms with Crippen LogP contribution in [0.5, 0.6) is 0 Å². The highest BCUT2D eigenvalue weighted by Crippen LogP contribution is 2.40. The van der Waals surface area contributed by atoms with Gasteiger partial charge in [0.05, 0.1) is 5.97 Å². The average Bonchev–Trinajstić information content (AvgIpc) is 3.59. The molecule has 5 rings (SSSR count). The van der Waals surface area contributed by atoms with Crippen LogP contribution in [0.3, 0.4) is 0 Å². The highest BCUT2D eigenvalue weighted by molar-refractivity contribution is 8.00. The largest absolute Gasteiger partial charge is 0.545 e. The molecule has 0 radical (unpaired) electrons. The Morgan fingerprint density at radius 1 is 1.31 bits per heavy atom. The molecule has 1 aliphatic carbocycles. The lowest BCUT2D eigenvalue weighted by Crippen LogP contribution is -2.71. The van der Waals surface area contributed by atoms with Crippen LogP contribution in [-0.2, 0) is 25.8 Å². The van der Waals surface area contributed by atoms with Crippen molar-refractivity contribution in [2.24, 2.45) is 10.9 Å². The van der Waals surface area contributed by atoms with E-state index in [2.05, 4.69) is 19.8 Å². The van der Waals surface area contributed by atoms with Crippen LogP contribution in [0.1, 0.15) is 29.0 Å². The molecule has 3 amide bonds. The van der Waals surface area contributed by atoms with Gasteiger partial charge in [-0.3, -0.25) is 19.3 Å². The molecule has 3 aliphatic rings. The van der Waals surface area contributed by atoms with Crippen molar-refractivity contribution in [1.29, 1.82) is 0 Å². The first-order valence-electron chi connectivity index (χ1n) is 11.7. The molecule has 39 heavy (non-hydrogen) atoms.